The van der Waals surface area contributed by atoms with Crippen LogP contribution in [0, 0.1) is 11.8 Å². The maximum atomic E-state index is 11.0. The minimum Gasteiger partial charge on any atom is -0.478 e. The van der Waals surface area contributed by atoms with Gasteiger partial charge in [-0.15, -0.1) is 0 Å². The first-order chi connectivity index (χ1) is 10.5. The summed E-state index contributed by atoms with van der Waals surface area (Å²) in [6, 6.07) is 8.30. The van der Waals surface area contributed by atoms with Gasteiger partial charge in [0.05, 0.1) is 11.1 Å². The lowest BCUT2D eigenvalue weighted by Crippen LogP contribution is -2.07. The van der Waals surface area contributed by atoms with Gasteiger partial charge in [-0.05, 0) is 24.3 Å². The number of benzene rings is 1. The summed E-state index contributed by atoms with van der Waals surface area (Å²) < 4.78 is -0.257. The number of rotatable bonds is 2. The molecule has 0 unspecified atom stereocenters. The lowest BCUT2D eigenvalue weighted by atomic mass is 10.1. The summed E-state index contributed by atoms with van der Waals surface area (Å²) in [6.07, 6.45) is 1.18. The number of nitrogens with two attached hydrogens (primary N) is 1. The van der Waals surface area contributed by atoms with Gasteiger partial charge in [-0.3, -0.25) is 0 Å². The summed E-state index contributed by atoms with van der Waals surface area (Å²) in [7, 11) is 0. The Morgan fingerprint density at radius 3 is 2.73 bits per heavy atom. The first-order valence-electron chi connectivity index (χ1n) is 6.13. The van der Waals surface area contributed by atoms with E-state index in [0.29, 0.717) is 16.8 Å². The van der Waals surface area contributed by atoms with Crippen LogP contribution in [0.5, 0.6) is 0 Å². The van der Waals surface area contributed by atoms with Crippen molar-refractivity contribution in [3.8, 4) is 11.8 Å². The molecule has 4 N–H and O–H groups in total. The summed E-state index contributed by atoms with van der Waals surface area (Å²) in [5.74, 6) is 4.71. The van der Waals surface area contributed by atoms with Crippen molar-refractivity contribution in [1.82, 2.24) is 4.98 Å². The number of hydrogen-bond donors (Lipinski definition) is 3. The number of carbonyl (C=O) groups excluding carboxylic acids is 1. The number of pyridine rings is 1. The van der Waals surface area contributed by atoms with Gasteiger partial charge >= 0.3 is 5.97 Å². The number of aromatic nitrogens is 1. The van der Waals surface area contributed by atoms with E-state index in [0.717, 1.165) is 0 Å². The van der Waals surface area contributed by atoms with Gasteiger partial charge in [0, 0.05) is 17.4 Å². The molecule has 2 aromatic rings. The van der Waals surface area contributed by atoms with Crippen LogP contribution in [0.1, 0.15) is 21.5 Å². The molecular weight excluding hydrogens is 297 g/mol. The van der Waals surface area contributed by atoms with Crippen LogP contribution in [0.15, 0.2) is 36.5 Å². The Hall–Kier alpha value is -2.80. The molecule has 6 nitrogen and oxygen atoms in total. The van der Waals surface area contributed by atoms with E-state index in [-0.39, 0.29) is 16.2 Å². The van der Waals surface area contributed by atoms with Crippen LogP contribution in [0.3, 0.4) is 0 Å². The number of carboxylic acids is 1. The Morgan fingerprint density at radius 1 is 1.27 bits per heavy atom. The molecule has 0 aliphatic carbocycles. The topological polar surface area (TPSA) is 105 Å². The van der Waals surface area contributed by atoms with Crippen molar-refractivity contribution in [2.75, 3.05) is 11.1 Å². The van der Waals surface area contributed by atoms with Crippen LogP contribution in [-0.4, -0.2) is 37.1 Å². The van der Waals surface area contributed by atoms with Crippen molar-refractivity contribution >= 4 is 38.5 Å². The number of carbonyl (C=O) groups is 2. The van der Waals surface area contributed by atoms with Crippen LogP contribution in [-0.2, 0) is 0 Å². The number of nitrogen functional groups attached to an aromatic ring is 1. The quantitative estimate of drug-likeness (QED) is 0.575. The molecule has 0 bridgehead atoms. The summed E-state index contributed by atoms with van der Waals surface area (Å²) >= 11 is 2.02. The highest BCUT2D eigenvalue weighted by Crippen LogP contribution is 2.12. The molecule has 7 heteroatoms. The number of aromatic carboxylic acids is 1. The highest BCUT2D eigenvalue weighted by atomic mass is 27.0. The molecule has 1 amide bonds. The molecule has 0 atom stereocenters. The fourth-order valence-corrected chi connectivity index (χ4v) is 1.82. The van der Waals surface area contributed by atoms with Gasteiger partial charge in [-0.1, -0.05) is 17.9 Å². The number of anilines is 2. The monoisotopic (exact) mass is 307 g/mol. The van der Waals surface area contributed by atoms with Gasteiger partial charge < -0.3 is 21.0 Å². The molecular formula is C15H10AlN3O3. The van der Waals surface area contributed by atoms with Gasteiger partial charge in [0.1, 0.15) is 10.6 Å². The molecule has 0 fully saturated rings. The lowest BCUT2D eigenvalue weighted by Gasteiger charge is -2.02. The molecule has 2 rings (SSSR count). The van der Waals surface area contributed by atoms with E-state index in [4.69, 9.17) is 10.8 Å². The summed E-state index contributed by atoms with van der Waals surface area (Å²) in [5.41, 5.74) is 7.29. The highest BCUT2D eigenvalue weighted by Gasteiger charge is 2.06. The minimum absolute atomic E-state index is 0.0162. The Bertz CT molecular complexity index is 809. The van der Waals surface area contributed by atoms with E-state index in [2.05, 4.69) is 22.1 Å². The van der Waals surface area contributed by atoms with E-state index < -0.39 is 5.97 Å². The predicted octanol–water partition coefficient (Wildman–Crippen LogP) is 1.46. The van der Waals surface area contributed by atoms with E-state index in [9.17, 15) is 9.59 Å². The number of carboxylic acid groups (broad SMARTS) is 1. The number of hydrogen-bond acceptors (Lipinski definition) is 4. The second-order valence-corrected chi connectivity index (χ2v) is 4.81. The highest BCUT2D eigenvalue weighted by molar-refractivity contribution is 6.60. The third-order valence-corrected chi connectivity index (χ3v) is 2.78. The average molecular weight is 307 g/mol. The number of amides is 1. The standard InChI is InChI=1S/C15H10N3O3.Al/c16-14-11(7-12(8-17-14)15(20)21)5-4-10-2-1-3-13(6-10)18-9-19;/h1-3,6-8H,(H2,16,17)(H,18,19)(H,20,21);. The molecule has 0 aliphatic rings. The van der Waals surface area contributed by atoms with Gasteiger partial charge in [0.25, 0.3) is 16.3 Å². The largest absolute Gasteiger partial charge is 0.478 e. The first kappa shape index (κ1) is 15.6. The maximum absolute atomic E-state index is 11.0. The first-order valence-corrected chi connectivity index (χ1v) is 6.71. The molecule has 2 radical (unpaired) electrons. The summed E-state index contributed by atoms with van der Waals surface area (Å²) in [5, 5.41) is 11.6. The van der Waals surface area contributed by atoms with Crippen molar-refractivity contribution in [3.63, 3.8) is 0 Å². The van der Waals surface area contributed by atoms with Gasteiger partial charge in [-0.25, -0.2) is 9.78 Å². The Morgan fingerprint density at radius 2 is 2.05 bits per heavy atom. The van der Waals surface area contributed by atoms with Crippen LogP contribution in [0.2, 0.25) is 0 Å². The molecule has 1 aromatic heterocycles. The molecule has 22 heavy (non-hydrogen) atoms. The fourth-order valence-electron chi connectivity index (χ4n) is 1.65. The Kier molecular flexibility index (Phi) is 4.80. The van der Waals surface area contributed by atoms with Gasteiger partial charge in [0.2, 0.25) is 0 Å². The smallest absolute Gasteiger partial charge is 0.337 e. The second-order valence-electron chi connectivity index (χ2n) is 4.28. The average Bonchev–Trinajstić information content (AvgIpc) is 2.46. The molecule has 0 saturated carbocycles. The Balaban J connectivity index is 2.32. The van der Waals surface area contributed by atoms with E-state index in [1.807, 2.05) is 16.3 Å². The zero-order valence-electron chi connectivity index (χ0n) is 11.3. The van der Waals surface area contributed by atoms with Crippen LogP contribution < -0.4 is 11.1 Å². The molecule has 1 heterocycles. The molecule has 0 saturated heterocycles. The molecule has 0 spiro atoms. The second kappa shape index (κ2) is 6.77. The number of nitrogens with one attached hydrogen (secondary N) is 1. The fraction of sp³-hybridized carbons (Fsp3) is 0. The molecule has 106 valence electrons. The molecule has 1 aromatic carbocycles. The SMILES string of the molecule is Nc1ncc(C(=O)O)cc1C#Cc1cccc(N[C](=O)[Al])c1. The summed E-state index contributed by atoms with van der Waals surface area (Å²) in [6.45, 7) is 0. The van der Waals surface area contributed by atoms with Gasteiger partial charge in [-0.2, -0.15) is 0 Å². The normalized spacial score (nSPS) is 9.45. The minimum atomic E-state index is -1.10. The zero-order chi connectivity index (χ0) is 16.1. The maximum Gasteiger partial charge on any atom is 0.337 e. The number of nitrogens with zero attached hydrogens (tertiary/aromatic N) is 1. The van der Waals surface area contributed by atoms with Crippen molar-refractivity contribution in [2.45, 2.75) is 0 Å². The zero-order valence-corrected chi connectivity index (χ0v) is 12.5. The van der Waals surface area contributed by atoms with Crippen molar-refractivity contribution in [1.29, 1.82) is 0 Å². The molecule has 0 aliphatic heterocycles. The van der Waals surface area contributed by atoms with Gasteiger partial charge in [0.15, 0.2) is 0 Å². The Labute approximate surface area is 134 Å². The lowest BCUT2D eigenvalue weighted by molar-refractivity contribution is 0.0696. The third kappa shape index (κ3) is 4.10. The van der Waals surface area contributed by atoms with E-state index in [1.165, 1.54) is 12.3 Å². The van der Waals surface area contributed by atoms with Crippen molar-refractivity contribution < 1.29 is 14.7 Å². The third-order valence-electron chi connectivity index (χ3n) is 2.64. The van der Waals surface area contributed by atoms with Crippen LogP contribution >= 0.6 is 0 Å². The van der Waals surface area contributed by atoms with Crippen LogP contribution in [0.25, 0.3) is 0 Å². The summed E-state index contributed by atoms with van der Waals surface area (Å²) in [4.78, 5) is 25.7. The van der Waals surface area contributed by atoms with Crippen molar-refractivity contribution in [3.05, 3.63) is 53.2 Å². The van der Waals surface area contributed by atoms with E-state index in [1.54, 1.807) is 24.3 Å². The predicted molar refractivity (Wildman–Crippen MR) is 82.8 cm³/mol. The van der Waals surface area contributed by atoms with Crippen LogP contribution in [0.4, 0.5) is 16.3 Å². The van der Waals surface area contributed by atoms with E-state index >= 15 is 0 Å². The van der Waals surface area contributed by atoms with Crippen molar-refractivity contribution in [2.24, 2.45) is 0 Å².